The van der Waals surface area contributed by atoms with Crippen LogP contribution in [-0.2, 0) is 0 Å². The van der Waals surface area contributed by atoms with Crippen molar-refractivity contribution < 1.29 is 9.47 Å². The zero-order valence-electron chi connectivity index (χ0n) is 10.1. The van der Waals surface area contributed by atoms with Gasteiger partial charge in [-0.2, -0.15) is 0 Å². The van der Waals surface area contributed by atoms with E-state index >= 15 is 0 Å². The minimum absolute atomic E-state index is 0.754. The normalized spacial score (nSPS) is 9.56. The standard InChI is InChI=1S/C16H13O2/c1-3-5-13-6-4-7-16(12-13)18-15-10-8-14(17-2)9-11-15/h1,4-12H,2H3. The lowest BCUT2D eigenvalue weighted by Gasteiger charge is -2.07. The Morgan fingerprint density at radius 2 is 1.72 bits per heavy atom. The van der Waals surface area contributed by atoms with Crippen molar-refractivity contribution in [2.45, 2.75) is 0 Å². The molecule has 0 amide bonds. The Labute approximate surface area is 107 Å². The van der Waals surface area contributed by atoms with Gasteiger partial charge in [0.15, 0.2) is 0 Å². The molecule has 0 aliphatic heterocycles. The van der Waals surface area contributed by atoms with E-state index in [-0.39, 0.29) is 0 Å². The maximum atomic E-state index is 5.72. The summed E-state index contributed by atoms with van der Waals surface area (Å²) >= 11 is 0. The Hall–Kier alpha value is -2.40. The van der Waals surface area contributed by atoms with Gasteiger partial charge in [-0.3, -0.25) is 0 Å². The summed E-state index contributed by atoms with van der Waals surface area (Å²) in [5.74, 6) is 4.81. The monoisotopic (exact) mass is 237 g/mol. The van der Waals surface area contributed by atoms with E-state index < -0.39 is 0 Å². The van der Waals surface area contributed by atoms with E-state index in [0.29, 0.717) is 0 Å². The van der Waals surface area contributed by atoms with Crippen molar-refractivity contribution in [2.75, 3.05) is 7.11 Å². The Bertz CT molecular complexity index is 550. The van der Waals surface area contributed by atoms with Crippen LogP contribution in [0.4, 0.5) is 0 Å². The molecule has 0 N–H and O–H groups in total. The third-order valence-electron chi connectivity index (χ3n) is 2.40. The Morgan fingerprint density at radius 1 is 1.00 bits per heavy atom. The highest BCUT2D eigenvalue weighted by atomic mass is 16.5. The van der Waals surface area contributed by atoms with Gasteiger partial charge in [-0.1, -0.05) is 18.1 Å². The fourth-order valence-corrected chi connectivity index (χ4v) is 1.54. The van der Waals surface area contributed by atoms with E-state index in [0.717, 1.165) is 22.8 Å². The van der Waals surface area contributed by atoms with E-state index in [1.807, 2.05) is 48.5 Å². The molecule has 0 unspecified atom stereocenters. The van der Waals surface area contributed by atoms with Crippen molar-refractivity contribution >= 4 is 0 Å². The molecule has 0 aliphatic carbocycles. The van der Waals surface area contributed by atoms with Gasteiger partial charge in [-0.25, -0.2) is 0 Å². The first-order chi connectivity index (χ1) is 8.81. The number of benzene rings is 2. The summed E-state index contributed by atoms with van der Waals surface area (Å²) < 4.78 is 10.8. The minimum atomic E-state index is 0.754. The molecule has 2 heteroatoms. The second-order valence-corrected chi connectivity index (χ2v) is 3.66. The van der Waals surface area contributed by atoms with Gasteiger partial charge < -0.3 is 9.47 Å². The molecule has 0 atom stereocenters. The van der Waals surface area contributed by atoms with Crippen molar-refractivity contribution in [2.24, 2.45) is 0 Å². The van der Waals surface area contributed by atoms with Crippen LogP contribution in [-0.4, -0.2) is 7.11 Å². The van der Waals surface area contributed by atoms with Gasteiger partial charge in [0, 0.05) is 0 Å². The lowest BCUT2D eigenvalue weighted by Crippen LogP contribution is -1.87. The van der Waals surface area contributed by atoms with Gasteiger partial charge in [0.1, 0.15) is 17.2 Å². The summed E-state index contributed by atoms with van der Waals surface area (Å²) in [6.07, 6.45) is 6.93. The summed E-state index contributed by atoms with van der Waals surface area (Å²) in [4.78, 5) is 0. The maximum absolute atomic E-state index is 5.72. The molecule has 2 aromatic rings. The van der Waals surface area contributed by atoms with Crippen molar-refractivity contribution in [1.29, 1.82) is 0 Å². The average molecular weight is 237 g/mol. The molecule has 0 saturated heterocycles. The second-order valence-electron chi connectivity index (χ2n) is 3.66. The molecule has 0 bridgehead atoms. The molecule has 0 aromatic heterocycles. The van der Waals surface area contributed by atoms with E-state index in [1.54, 1.807) is 13.5 Å². The maximum Gasteiger partial charge on any atom is 0.127 e. The molecular formula is C16H13O2. The molecule has 0 spiro atoms. The number of rotatable bonds is 4. The largest absolute Gasteiger partial charge is 0.497 e. The molecule has 1 radical (unpaired) electrons. The molecule has 0 aliphatic rings. The molecular weight excluding hydrogens is 224 g/mol. The summed E-state index contributed by atoms with van der Waals surface area (Å²) in [5.41, 5.74) is 0.948. The fraction of sp³-hybridized carbons (Fsp3) is 0.0625. The first-order valence-corrected chi connectivity index (χ1v) is 5.53. The Morgan fingerprint density at radius 3 is 2.39 bits per heavy atom. The van der Waals surface area contributed by atoms with Gasteiger partial charge in [0.25, 0.3) is 0 Å². The van der Waals surface area contributed by atoms with Crippen molar-refractivity contribution in [3.63, 3.8) is 0 Å². The lowest BCUT2D eigenvalue weighted by molar-refractivity contribution is 0.413. The van der Waals surface area contributed by atoms with E-state index in [9.17, 15) is 0 Å². The first-order valence-electron chi connectivity index (χ1n) is 5.53. The van der Waals surface area contributed by atoms with Crippen molar-refractivity contribution in [1.82, 2.24) is 0 Å². The molecule has 18 heavy (non-hydrogen) atoms. The van der Waals surface area contributed by atoms with E-state index in [4.69, 9.17) is 15.9 Å². The number of terminal acetylenes is 1. The van der Waals surface area contributed by atoms with Crippen LogP contribution in [0.25, 0.3) is 0 Å². The zero-order chi connectivity index (χ0) is 12.8. The molecule has 2 nitrogen and oxygen atoms in total. The van der Waals surface area contributed by atoms with Crippen LogP contribution in [0.5, 0.6) is 17.2 Å². The van der Waals surface area contributed by atoms with Crippen LogP contribution >= 0.6 is 0 Å². The molecule has 0 saturated carbocycles. The number of hydrogen-bond donors (Lipinski definition) is 0. The highest BCUT2D eigenvalue weighted by Crippen LogP contribution is 2.24. The molecule has 2 aromatic carbocycles. The van der Waals surface area contributed by atoms with Gasteiger partial charge in [0.2, 0.25) is 0 Å². The van der Waals surface area contributed by atoms with Crippen LogP contribution in [0.1, 0.15) is 5.56 Å². The Balaban J connectivity index is 2.12. The van der Waals surface area contributed by atoms with Crippen molar-refractivity contribution in [3.05, 3.63) is 60.5 Å². The first kappa shape index (κ1) is 12.1. The summed E-state index contributed by atoms with van der Waals surface area (Å²) in [7, 11) is 1.63. The Kier molecular flexibility index (Phi) is 3.88. The SMILES string of the molecule is C#C[CH]c1cccc(Oc2ccc(OC)cc2)c1. The summed E-state index contributed by atoms with van der Waals surface area (Å²) in [6, 6.07) is 15.0. The average Bonchev–Trinajstić information content (AvgIpc) is 2.40. The van der Waals surface area contributed by atoms with E-state index in [1.165, 1.54) is 0 Å². The van der Waals surface area contributed by atoms with E-state index in [2.05, 4.69) is 5.92 Å². The number of hydrogen-bond acceptors (Lipinski definition) is 2. The van der Waals surface area contributed by atoms with Gasteiger partial charge >= 0.3 is 0 Å². The smallest absolute Gasteiger partial charge is 0.127 e. The fourth-order valence-electron chi connectivity index (χ4n) is 1.54. The highest BCUT2D eigenvalue weighted by molar-refractivity contribution is 5.40. The predicted octanol–water partition coefficient (Wildman–Crippen LogP) is 3.67. The lowest BCUT2D eigenvalue weighted by atomic mass is 10.1. The summed E-state index contributed by atoms with van der Waals surface area (Å²) in [6.45, 7) is 0. The highest BCUT2D eigenvalue weighted by Gasteiger charge is 1.99. The number of methoxy groups -OCH3 is 1. The van der Waals surface area contributed by atoms with Crippen LogP contribution in [0.3, 0.4) is 0 Å². The quantitative estimate of drug-likeness (QED) is 0.755. The number of ether oxygens (including phenoxy) is 2. The predicted molar refractivity (Wildman–Crippen MR) is 71.7 cm³/mol. The molecule has 0 fully saturated rings. The second kappa shape index (κ2) is 5.79. The summed E-state index contributed by atoms with van der Waals surface area (Å²) in [5, 5.41) is 0. The van der Waals surface area contributed by atoms with Crippen molar-refractivity contribution in [3.8, 4) is 29.6 Å². The third-order valence-corrected chi connectivity index (χ3v) is 2.40. The van der Waals surface area contributed by atoms with Crippen LogP contribution in [0.2, 0.25) is 0 Å². The third kappa shape index (κ3) is 3.05. The molecule has 89 valence electrons. The van der Waals surface area contributed by atoms with Crippen LogP contribution < -0.4 is 9.47 Å². The van der Waals surface area contributed by atoms with Crippen LogP contribution in [0.15, 0.2) is 48.5 Å². The van der Waals surface area contributed by atoms with Gasteiger partial charge in [-0.05, 0) is 42.0 Å². The van der Waals surface area contributed by atoms with Gasteiger partial charge in [-0.15, -0.1) is 6.42 Å². The van der Waals surface area contributed by atoms with Gasteiger partial charge in [0.05, 0.1) is 13.5 Å². The molecule has 0 heterocycles. The minimum Gasteiger partial charge on any atom is -0.497 e. The van der Waals surface area contributed by atoms with Crippen LogP contribution in [0, 0.1) is 18.8 Å². The topological polar surface area (TPSA) is 18.5 Å². The zero-order valence-corrected chi connectivity index (χ0v) is 10.1. The molecule has 2 rings (SSSR count).